The van der Waals surface area contributed by atoms with E-state index in [-0.39, 0.29) is 6.42 Å². The van der Waals surface area contributed by atoms with Crippen molar-refractivity contribution < 1.29 is 19.4 Å². The first-order valence-electron chi connectivity index (χ1n) is 8.00. The number of ether oxygens (including phenoxy) is 1. The highest BCUT2D eigenvalue weighted by molar-refractivity contribution is 5.80. The maximum atomic E-state index is 11.9. The van der Waals surface area contributed by atoms with Crippen molar-refractivity contribution in [3.63, 3.8) is 0 Å². The number of carbonyl (C=O) groups is 2. The van der Waals surface area contributed by atoms with Gasteiger partial charge >= 0.3 is 12.1 Å². The summed E-state index contributed by atoms with van der Waals surface area (Å²) in [6, 6.07) is 8.69. The standard InChI is InChI=1S/C18H23N3O4/c1-18(2,3)25-17(24)20-15(16(22)23)9-14-10-19-12-21(14)11-13-7-5-4-6-8-13/h4-8,10,12,15H,9,11H2,1-3H3,(H,20,24)(H,22,23). The highest BCUT2D eigenvalue weighted by Gasteiger charge is 2.25. The number of rotatable bonds is 6. The second-order valence-electron chi connectivity index (χ2n) is 6.74. The van der Waals surface area contributed by atoms with Crippen LogP contribution in [0.25, 0.3) is 0 Å². The van der Waals surface area contributed by atoms with Crippen LogP contribution in [0.15, 0.2) is 42.9 Å². The molecule has 2 aromatic rings. The molecule has 1 aromatic heterocycles. The molecule has 1 unspecified atom stereocenters. The van der Waals surface area contributed by atoms with E-state index in [0.29, 0.717) is 12.2 Å². The monoisotopic (exact) mass is 345 g/mol. The molecular weight excluding hydrogens is 322 g/mol. The number of nitrogens with zero attached hydrogens (tertiary/aromatic N) is 2. The van der Waals surface area contributed by atoms with Gasteiger partial charge in [-0.15, -0.1) is 0 Å². The minimum Gasteiger partial charge on any atom is -0.480 e. The summed E-state index contributed by atoms with van der Waals surface area (Å²) in [5.41, 5.74) is 1.10. The van der Waals surface area contributed by atoms with Gasteiger partial charge < -0.3 is 19.7 Å². The number of amides is 1. The number of aromatic nitrogens is 2. The Balaban J connectivity index is 2.06. The lowest BCUT2D eigenvalue weighted by molar-refractivity contribution is -0.139. The molecule has 1 aromatic carbocycles. The van der Waals surface area contributed by atoms with E-state index >= 15 is 0 Å². The van der Waals surface area contributed by atoms with Gasteiger partial charge in [-0.1, -0.05) is 30.3 Å². The van der Waals surface area contributed by atoms with E-state index < -0.39 is 23.7 Å². The molecule has 7 nitrogen and oxygen atoms in total. The number of imidazole rings is 1. The van der Waals surface area contributed by atoms with Crippen molar-refractivity contribution in [1.29, 1.82) is 0 Å². The Morgan fingerprint density at radius 2 is 1.96 bits per heavy atom. The molecule has 7 heteroatoms. The summed E-state index contributed by atoms with van der Waals surface area (Å²) in [6.45, 7) is 5.74. The molecule has 0 aliphatic rings. The van der Waals surface area contributed by atoms with Crippen LogP contribution in [0.5, 0.6) is 0 Å². The van der Waals surface area contributed by atoms with E-state index in [1.807, 2.05) is 34.9 Å². The van der Waals surface area contributed by atoms with E-state index in [0.717, 1.165) is 5.56 Å². The molecule has 1 amide bonds. The molecule has 0 bridgehead atoms. The van der Waals surface area contributed by atoms with Gasteiger partial charge in [0.05, 0.1) is 6.33 Å². The van der Waals surface area contributed by atoms with Crippen LogP contribution in [-0.4, -0.2) is 38.4 Å². The van der Waals surface area contributed by atoms with Crippen LogP contribution < -0.4 is 5.32 Å². The summed E-state index contributed by atoms with van der Waals surface area (Å²) in [5.74, 6) is -1.13. The van der Waals surface area contributed by atoms with Gasteiger partial charge in [0.2, 0.25) is 0 Å². The lowest BCUT2D eigenvalue weighted by Crippen LogP contribution is -2.45. The van der Waals surface area contributed by atoms with Gasteiger partial charge in [0.15, 0.2) is 0 Å². The zero-order valence-electron chi connectivity index (χ0n) is 14.6. The zero-order chi connectivity index (χ0) is 18.4. The molecule has 0 aliphatic carbocycles. The summed E-state index contributed by atoms with van der Waals surface area (Å²) in [4.78, 5) is 27.5. The highest BCUT2D eigenvalue weighted by Crippen LogP contribution is 2.10. The Hall–Kier alpha value is -2.83. The van der Waals surface area contributed by atoms with Crippen LogP contribution >= 0.6 is 0 Å². The fraction of sp³-hybridized carbons (Fsp3) is 0.389. The van der Waals surface area contributed by atoms with E-state index in [2.05, 4.69) is 10.3 Å². The number of carbonyl (C=O) groups excluding carboxylic acids is 1. The van der Waals surface area contributed by atoms with Gasteiger partial charge in [-0.05, 0) is 26.3 Å². The van der Waals surface area contributed by atoms with Crippen LogP contribution in [0.4, 0.5) is 4.79 Å². The topological polar surface area (TPSA) is 93.5 Å². The molecule has 2 rings (SSSR count). The fourth-order valence-corrected chi connectivity index (χ4v) is 2.30. The lowest BCUT2D eigenvalue weighted by atomic mass is 10.1. The quantitative estimate of drug-likeness (QED) is 0.839. The third-order valence-corrected chi connectivity index (χ3v) is 3.40. The van der Waals surface area contributed by atoms with Gasteiger partial charge in [0.1, 0.15) is 11.6 Å². The average molecular weight is 345 g/mol. The highest BCUT2D eigenvalue weighted by atomic mass is 16.6. The first-order valence-corrected chi connectivity index (χ1v) is 8.00. The number of alkyl carbamates (subject to hydrolysis) is 1. The Kier molecular flexibility index (Phi) is 5.80. The van der Waals surface area contributed by atoms with Gasteiger partial charge in [0.25, 0.3) is 0 Å². The van der Waals surface area contributed by atoms with Crippen LogP contribution in [-0.2, 0) is 22.5 Å². The predicted molar refractivity (Wildman–Crippen MR) is 92.3 cm³/mol. The van der Waals surface area contributed by atoms with Crippen molar-refractivity contribution in [3.05, 3.63) is 54.1 Å². The minimum atomic E-state index is -1.13. The van der Waals surface area contributed by atoms with E-state index in [1.54, 1.807) is 33.3 Å². The van der Waals surface area contributed by atoms with Crippen molar-refractivity contribution in [2.45, 2.75) is 45.4 Å². The molecule has 1 atom stereocenters. The second kappa shape index (κ2) is 7.83. The molecule has 25 heavy (non-hydrogen) atoms. The first-order chi connectivity index (χ1) is 11.7. The average Bonchev–Trinajstić information content (AvgIpc) is 2.92. The number of nitrogens with one attached hydrogen (secondary N) is 1. The number of benzene rings is 1. The summed E-state index contributed by atoms with van der Waals surface area (Å²) in [5, 5.41) is 11.8. The predicted octanol–water partition coefficient (Wildman–Crippen LogP) is 2.45. The fourth-order valence-electron chi connectivity index (χ4n) is 2.30. The molecule has 1 heterocycles. The van der Waals surface area contributed by atoms with Crippen LogP contribution in [0, 0.1) is 0 Å². The molecule has 0 spiro atoms. The Labute approximate surface area is 146 Å². The van der Waals surface area contributed by atoms with Crippen molar-refractivity contribution in [3.8, 4) is 0 Å². The van der Waals surface area contributed by atoms with Crippen LogP contribution in [0.1, 0.15) is 32.0 Å². The number of hydrogen-bond acceptors (Lipinski definition) is 4. The molecule has 0 saturated heterocycles. The maximum Gasteiger partial charge on any atom is 0.408 e. The summed E-state index contributed by atoms with van der Waals surface area (Å²) < 4.78 is 6.99. The molecule has 0 aliphatic heterocycles. The van der Waals surface area contributed by atoms with Crippen LogP contribution in [0.3, 0.4) is 0 Å². The maximum absolute atomic E-state index is 11.9. The largest absolute Gasteiger partial charge is 0.480 e. The van der Waals surface area contributed by atoms with Crippen molar-refractivity contribution >= 4 is 12.1 Å². The van der Waals surface area contributed by atoms with Crippen molar-refractivity contribution in [1.82, 2.24) is 14.9 Å². The third kappa shape index (κ3) is 5.95. The molecule has 0 radical (unpaired) electrons. The smallest absolute Gasteiger partial charge is 0.408 e. The number of aliphatic carboxylic acids is 1. The second-order valence-corrected chi connectivity index (χ2v) is 6.74. The Morgan fingerprint density at radius 1 is 1.28 bits per heavy atom. The number of hydrogen-bond donors (Lipinski definition) is 2. The SMILES string of the molecule is CC(C)(C)OC(=O)NC(Cc1cncn1Cc1ccccc1)C(=O)O. The van der Waals surface area contributed by atoms with E-state index in [4.69, 9.17) is 4.74 Å². The molecule has 0 fully saturated rings. The minimum absolute atomic E-state index is 0.113. The molecular formula is C18H23N3O4. The number of carboxylic acids is 1. The Morgan fingerprint density at radius 3 is 2.56 bits per heavy atom. The zero-order valence-corrected chi connectivity index (χ0v) is 14.6. The lowest BCUT2D eigenvalue weighted by Gasteiger charge is -2.22. The van der Waals surface area contributed by atoms with E-state index in [9.17, 15) is 14.7 Å². The van der Waals surface area contributed by atoms with Gasteiger partial charge in [0, 0.05) is 24.9 Å². The van der Waals surface area contributed by atoms with Crippen LogP contribution in [0.2, 0.25) is 0 Å². The van der Waals surface area contributed by atoms with Crippen molar-refractivity contribution in [2.24, 2.45) is 0 Å². The summed E-state index contributed by atoms with van der Waals surface area (Å²) >= 11 is 0. The summed E-state index contributed by atoms with van der Waals surface area (Å²) in [7, 11) is 0. The van der Waals surface area contributed by atoms with Gasteiger partial charge in [-0.25, -0.2) is 14.6 Å². The van der Waals surface area contributed by atoms with E-state index in [1.165, 1.54) is 0 Å². The third-order valence-electron chi connectivity index (χ3n) is 3.40. The molecule has 0 saturated carbocycles. The molecule has 2 N–H and O–H groups in total. The Bertz CT molecular complexity index is 719. The summed E-state index contributed by atoms with van der Waals surface area (Å²) in [6.07, 6.45) is 2.61. The van der Waals surface area contributed by atoms with Gasteiger partial charge in [-0.2, -0.15) is 0 Å². The van der Waals surface area contributed by atoms with Crippen molar-refractivity contribution in [2.75, 3.05) is 0 Å². The normalized spacial score (nSPS) is 12.4. The van der Waals surface area contributed by atoms with Gasteiger partial charge in [-0.3, -0.25) is 0 Å². The molecule has 134 valence electrons. The number of carboxylic acid groups (broad SMARTS) is 1. The first kappa shape index (κ1) is 18.5.